The van der Waals surface area contributed by atoms with Crippen LogP contribution in [0.1, 0.15) is 12.8 Å². The molecule has 0 N–H and O–H groups in total. The number of thiazole rings is 1. The van der Waals surface area contributed by atoms with Gasteiger partial charge < -0.3 is 0 Å². The Labute approximate surface area is 172 Å². The zero-order valence-electron chi connectivity index (χ0n) is 14.6. The number of benzene rings is 2. The molecule has 146 valence electrons. The predicted molar refractivity (Wildman–Crippen MR) is 109 cm³/mol. The summed E-state index contributed by atoms with van der Waals surface area (Å²) in [5.41, 5.74) is 0.674. The van der Waals surface area contributed by atoms with E-state index in [1.54, 1.807) is 24.3 Å². The molecule has 0 unspecified atom stereocenters. The van der Waals surface area contributed by atoms with Crippen molar-refractivity contribution in [2.45, 2.75) is 27.0 Å². The number of hydrogen-bond acceptors (Lipinski definition) is 6. The largest absolute Gasteiger partial charge is 0.226 e. The highest BCUT2D eigenvalue weighted by Crippen LogP contribution is 2.40. The van der Waals surface area contributed by atoms with Crippen LogP contribution in [0.5, 0.6) is 0 Å². The maximum absolute atomic E-state index is 13.2. The van der Waals surface area contributed by atoms with Crippen molar-refractivity contribution >= 4 is 42.6 Å². The van der Waals surface area contributed by atoms with Crippen molar-refractivity contribution < 1.29 is 16.8 Å². The Morgan fingerprint density at radius 1 is 0.964 bits per heavy atom. The molecule has 0 aliphatic heterocycles. The van der Waals surface area contributed by atoms with E-state index in [0.29, 0.717) is 15.6 Å². The van der Waals surface area contributed by atoms with E-state index >= 15 is 0 Å². The van der Waals surface area contributed by atoms with E-state index in [4.69, 9.17) is 11.6 Å². The van der Waals surface area contributed by atoms with E-state index in [1.807, 2.05) is 6.07 Å². The molecule has 1 saturated carbocycles. The summed E-state index contributed by atoms with van der Waals surface area (Å²) in [5.74, 6) is 0.0467. The average molecular weight is 454 g/mol. The Kier molecular flexibility index (Phi) is 5.07. The molecular formula is C19H16ClNO4S3. The lowest BCUT2D eigenvalue weighted by Crippen LogP contribution is -2.12. The Balaban J connectivity index is 1.89. The van der Waals surface area contributed by atoms with Crippen LogP contribution in [0.3, 0.4) is 0 Å². The minimum atomic E-state index is -4.11. The fraction of sp³-hybridized carbons (Fsp3) is 0.211. The fourth-order valence-corrected chi connectivity index (χ4v) is 8.32. The minimum Gasteiger partial charge on any atom is -0.223 e. The van der Waals surface area contributed by atoms with Crippen LogP contribution < -0.4 is 0 Å². The summed E-state index contributed by atoms with van der Waals surface area (Å²) >= 11 is 6.77. The first-order valence-corrected chi connectivity index (χ1v) is 12.9. The molecule has 0 saturated heterocycles. The first kappa shape index (κ1) is 19.6. The van der Waals surface area contributed by atoms with Crippen molar-refractivity contribution in [2.24, 2.45) is 5.92 Å². The van der Waals surface area contributed by atoms with Crippen LogP contribution >= 0.6 is 22.9 Å². The molecule has 3 aromatic rings. The highest BCUT2D eigenvalue weighted by Gasteiger charge is 2.37. The maximum Gasteiger partial charge on any atom is 0.226 e. The molecule has 0 radical (unpaired) electrons. The van der Waals surface area contributed by atoms with Crippen molar-refractivity contribution in [2.75, 3.05) is 5.75 Å². The summed E-state index contributed by atoms with van der Waals surface area (Å²) in [7, 11) is -7.87. The van der Waals surface area contributed by atoms with Crippen molar-refractivity contribution in [3.05, 3.63) is 59.6 Å². The maximum atomic E-state index is 13.2. The van der Waals surface area contributed by atoms with E-state index in [9.17, 15) is 16.8 Å². The van der Waals surface area contributed by atoms with E-state index in [0.717, 1.165) is 24.2 Å². The van der Waals surface area contributed by atoms with Gasteiger partial charge >= 0.3 is 0 Å². The predicted octanol–water partition coefficient (Wildman–Crippen LogP) is 4.48. The molecule has 2 aromatic carbocycles. The van der Waals surface area contributed by atoms with Gasteiger partial charge in [0.25, 0.3) is 0 Å². The van der Waals surface area contributed by atoms with Gasteiger partial charge in [-0.1, -0.05) is 41.9 Å². The summed E-state index contributed by atoms with van der Waals surface area (Å²) in [5, 5.41) is 0.352. The van der Waals surface area contributed by atoms with Crippen LogP contribution in [-0.2, 0) is 19.7 Å². The van der Waals surface area contributed by atoms with Gasteiger partial charge in [0.15, 0.2) is 19.1 Å². The summed E-state index contributed by atoms with van der Waals surface area (Å²) < 4.78 is 52.1. The van der Waals surface area contributed by atoms with E-state index in [2.05, 4.69) is 4.98 Å². The molecule has 1 heterocycles. The molecule has 5 nitrogen and oxygen atoms in total. The molecular weight excluding hydrogens is 438 g/mol. The van der Waals surface area contributed by atoms with E-state index in [-0.39, 0.29) is 20.8 Å². The highest BCUT2D eigenvalue weighted by molar-refractivity contribution is 7.96. The van der Waals surface area contributed by atoms with Gasteiger partial charge in [-0.15, -0.1) is 11.3 Å². The second-order valence-electron chi connectivity index (χ2n) is 6.66. The van der Waals surface area contributed by atoms with Crippen LogP contribution in [0.25, 0.3) is 10.6 Å². The molecule has 0 atom stereocenters. The molecule has 0 spiro atoms. The number of halogens is 1. The van der Waals surface area contributed by atoms with Crippen molar-refractivity contribution in [3.8, 4) is 10.6 Å². The Morgan fingerprint density at radius 2 is 1.61 bits per heavy atom. The Morgan fingerprint density at radius 3 is 2.21 bits per heavy atom. The van der Waals surface area contributed by atoms with E-state index < -0.39 is 24.7 Å². The van der Waals surface area contributed by atoms with Crippen molar-refractivity contribution in [1.29, 1.82) is 0 Å². The number of rotatable bonds is 6. The topological polar surface area (TPSA) is 81.2 Å². The summed E-state index contributed by atoms with van der Waals surface area (Å²) in [4.78, 5) is 4.23. The molecule has 1 fully saturated rings. The number of hydrogen-bond donors (Lipinski definition) is 0. The zero-order valence-corrected chi connectivity index (χ0v) is 17.8. The lowest BCUT2D eigenvalue weighted by Gasteiger charge is -2.05. The lowest BCUT2D eigenvalue weighted by molar-refractivity contribution is 0.580. The first-order valence-electron chi connectivity index (χ1n) is 8.57. The summed E-state index contributed by atoms with van der Waals surface area (Å²) in [6.07, 6.45) is 1.70. The summed E-state index contributed by atoms with van der Waals surface area (Å²) in [6, 6.07) is 14.6. The molecule has 4 rings (SSSR count). The quantitative estimate of drug-likeness (QED) is 0.549. The minimum absolute atomic E-state index is 0.0373. The molecule has 0 bridgehead atoms. The number of sulfone groups is 2. The number of nitrogens with zero attached hydrogens (tertiary/aromatic N) is 1. The normalized spacial score (nSPS) is 14.9. The molecule has 0 amide bonds. The van der Waals surface area contributed by atoms with Crippen LogP contribution in [-0.4, -0.2) is 27.6 Å². The second-order valence-corrected chi connectivity index (χ2v) is 12.2. The Hall–Kier alpha value is -1.74. The Bertz CT molecular complexity index is 1210. The lowest BCUT2D eigenvalue weighted by atomic mass is 10.2. The molecule has 1 aliphatic rings. The summed E-state index contributed by atoms with van der Waals surface area (Å²) in [6.45, 7) is 0. The van der Waals surface area contributed by atoms with Gasteiger partial charge in [-0.05, 0) is 43.0 Å². The molecule has 9 heteroatoms. The van der Waals surface area contributed by atoms with Gasteiger partial charge in [0.1, 0.15) is 5.01 Å². The average Bonchev–Trinajstić information content (AvgIpc) is 3.34. The van der Waals surface area contributed by atoms with Crippen molar-refractivity contribution in [1.82, 2.24) is 4.98 Å². The van der Waals surface area contributed by atoms with Gasteiger partial charge in [0, 0.05) is 10.6 Å². The molecule has 1 aliphatic carbocycles. The monoisotopic (exact) mass is 453 g/mol. The first-order chi connectivity index (χ1) is 13.3. The van der Waals surface area contributed by atoms with Gasteiger partial charge in [-0.2, -0.15) is 0 Å². The van der Waals surface area contributed by atoms with Crippen LogP contribution in [0.15, 0.2) is 68.7 Å². The van der Waals surface area contributed by atoms with Gasteiger partial charge in [-0.3, -0.25) is 0 Å². The number of aromatic nitrogens is 1. The second kappa shape index (κ2) is 7.26. The van der Waals surface area contributed by atoms with Gasteiger partial charge in [-0.25, -0.2) is 21.8 Å². The third-order valence-electron chi connectivity index (χ3n) is 4.40. The SMILES string of the molecule is O=S(=O)(CC1CC1)c1sc(-c2ccccc2)nc1S(=O)(=O)c1ccc(Cl)cc1. The molecule has 28 heavy (non-hydrogen) atoms. The van der Waals surface area contributed by atoms with Gasteiger partial charge in [0.2, 0.25) is 9.84 Å². The standard InChI is InChI=1S/C19H16ClNO4S3/c20-15-8-10-16(11-9-15)28(24,25)18-19(27(22,23)12-13-6-7-13)26-17(21-18)14-4-2-1-3-5-14/h1-5,8-11,13H,6-7,12H2. The van der Waals surface area contributed by atoms with Crippen LogP contribution in [0, 0.1) is 5.92 Å². The third-order valence-corrected chi connectivity index (χ3v) is 10.2. The van der Waals surface area contributed by atoms with E-state index in [1.165, 1.54) is 24.3 Å². The zero-order chi connectivity index (χ0) is 19.9. The third kappa shape index (κ3) is 3.87. The van der Waals surface area contributed by atoms with Crippen molar-refractivity contribution in [3.63, 3.8) is 0 Å². The van der Waals surface area contributed by atoms with Gasteiger partial charge in [0.05, 0.1) is 10.6 Å². The van der Waals surface area contributed by atoms with Crippen LogP contribution in [0.2, 0.25) is 5.02 Å². The molecule has 1 aromatic heterocycles. The smallest absolute Gasteiger partial charge is 0.223 e. The van der Waals surface area contributed by atoms with Crippen LogP contribution in [0.4, 0.5) is 0 Å². The fourth-order valence-electron chi connectivity index (χ4n) is 2.76. The highest BCUT2D eigenvalue weighted by atomic mass is 35.5.